The topological polar surface area (TPSA) is 8.81 Å². The zero-order valence-corrected chi connectivity index (χ0v) is 17.2. The number of aromatic nitrogens is 2. The van der Waals surface area contributed by atoms with Gasteiger partial charge in [-0.3, -0.25) is 0 Å². The predicted octanol–water partition coefficient (Wildman–Crippen LogP) is 5.09. The summed E-state index contributed by atoms with van der Waals surface area (Å²) in [4.78, 5) is 0. The lowest BCUT2D eigenvalue weighted by molar-refractivity contribution is -0.645. The lowest BCUT2D eigenvalue weighted by Crippen LogP contribution is -2.28. The van der Waals surface area contributed by atoms with Crippen LogP contribution in [0.25, 0.3) is 16.7 Å². The Bertz CT molecular complexity index is 1090. The van der Waals surface area contributed by atoms with Crippen molar-refractivity contribution in [2.45, 2.75) is 77.0 Å². The van der Waals surface area contributed by atoms with Crippen molar-refractivity contribution in [1.82, 2.24) is 4.57 Å². The van der Waals surface area contributed by atoms with E-state index in [-0.39, 0.29) is 0 Å². The number of hydrogen-bond donors (Lipinski definition) is 0. The van der Waals surface area contributed by atoms with Crippen LogP contribution in [0.2, 0.25) is 0 Å². The largest absolute Gasteiger partial charge is 0.249 e. The van der Waals surface area contributed by atoms with Crippen molar-refractivity contribution >= 4 is 11.0 Å². The molecule has 0 spiro atoms. The Morgan fingerprint density at radius 3 is 2.07 bits per heavy atom. The number of aryl methyl sites for hydroxylation is 5. The normalized spacial score (nSPS) is 18.6. The van der Waals surface area contributed by atoms with Crippen LogP contribution in [0, 0.1) is 0 Å². The summed E-state index contributed by atoms with van der Waals surface area (Å²) in [6.45, 7) is 0. The molecule has 6 rings (SSSR count). The first-order valence-corrected chi connectivity index (χ1v) is 11.5. The third-order valence-electron chi connectivity index (χ3n) is 7.59. The third-order valence-corrected chi connectivity index (χ3v) is 7.59. The fourth-order valence-corrected chi connectivity index (χ4v) is 6.28. The zero-order valence-electron chi connectivity index (χ0n) is 17.2. The first kappa shape index (κ1) is 16.8. The summed E-state index contributed by atoms with van der Waals surface area (Å²) in [6.07, 6.45) is 18.1. The zero-order chi connectivity index (χ0) is 18.7. The summed E-state index contributed by atoms with van der Waals surface area (Å²) in [5.74, 6) is 0. The van der Waals surface area contributed by atoms with Crippen molar-refractivity contribution in [2.24, 2.45) is 7.05 Å². The molecule has 0 saturated heterocycles. The molecule has 28 heavy (non-hydrogen) atoms. The molecule has 3 aliphatic carbocycles. The van der Waals surface area contributed by atoms with Gasteiger partial charge in [0.1, 0.15) is 5.69 Å². The van der Waals surface area contributed by atoms with Crippen LogP contribution in [-0.4, -0.2) is 4.57 Å². The van der Waals surface area contributed by atoms with E-state index in [1.165, 1.54) is 93.8 Å². The molecule has 2 heteroatoms. The van der Waals surface area contributed by atoms with Crippen LogP contribution in [0.4, 0.5) is 0 Å². The van der Waals surface area contributed by atoms with Crippen LogP contribution in [-0.2, 0) is 45.6 Å². The fraction of sp³-hybridized carbons (Fsp3) is 0.500. The van der Waals surface area contributed by atoms with Crippen LogP contribution < -0.4 is 4.57 Å². The van der Waals surface area contributed by atoms with E-state index >= 15 is 0 Å². The summed E-state index contributed by atoms with van der Waals surface area (Å²) >= 11 is 0. The average molecular weight is 372 g/mol. The van der Waals surface area contributed by atoms with Gasteiger partial charge in [-0.1, -0.05) is 6.07 Å². The highest BCUT2D eigenvalue weighted by Crippen LogP contribution is 2.39. The lowest BCUT2D eigenvalue weighted by atomic mass is 9.79. The molecule has 0 amide bonds. The molecule has 0 saturated carbocycles. The van der Waals surface area contributed by atoms with Gasteiger partial charge in [0.25, 0.3) is 0 Å². The Morgan fingerprint density at radius 1 is 0.679 bits per heavy atom. The average Bonchev–Trinajstić information content (AvgIpc) is 3.11. The summed E-state index contributed by atoms with van der Waals surface area (Å²) in [7, 11) is 2.27. The molecule has 0 N–H and O–H groups in total. The maximum Gasteiger partial charge on any atom is 0.249 e. The second-order valence-electron chi connectivity index (χ2n) is 9.28. The van der Waals surface area contributed by atoms with Gasteiger partial charge in [-0.2, -0.15) is 4.57 Å². The molecule has 0 aliphatic heterocycles. The molecule has 0 radical (unpaired) electrons. The standard InChI is InChI=1S/C26H31N2/c1-27-17-28(20-15-14-18-8-2-3-9-19(18)16-20)26-24-13-7-5-11-22(24)21-10-4-6-12-23(21)25(26)27/h14-17H,2-13H2,1H3/q+1. The van der Waals surface area contributed by atoms with Gasteiger partial charge in [-0.05, 0) is 111 Å². The molecule has 1 heterocycles. The van der Waals surface area contributed by atoms with Gasteiger partial charge in [0.15, 0.2) is 11.0 Å². The maximum atomic E-state index is 2.53. The molecule has 3 aromatic rings. The Balaban J connectivity index is 1.64. The molecule has 3 aliphatic rings. The van der Waals surface area contributed by atoms with Gasteiger partial charge in [-0.25, -0.2) is 4.57 Å². The van der Waals surface area contributed by atoms with Crippen molar-refractivity contribution in [3.63, 3.8) is 0 Å². The first-order chi connectivity index (χ1) is 13.8. The van der Waals surface area contributed by atoms with Crippen LogP contribution in [0.3, 0.4) is 0 Å². The van der Waals surface area contributed by atoms with Crippen LogP contribution in [0.5, 0.6) is 0 Å². The summed E-state index contributed by atoms with van der Waals surface area (Å²) < 4.78 is 4.96. The van der Waals surface area contributed by atoms with Crippen LogP contribution in [0.15, 0.2) is 24.5 Å². The van der Waals surface area contributed by atoms with E-state index in [4.69, 9.17) is 0 Å². The van der Waals surface area contributed by atoms with Crippen molar-refractivity contribution in [3.05, 3.63) is 57.9 Å². The van der Waals surface area contributed by atoms with Gasteiger partial charge in [0, 0.05) is 11.1 Å². The minimum Gasteiger partial charge on any atom is -0.232 e. The van der Waals surface area contributed by atoms with Crippen molar-refractivity contribution in [1.29, 1.82) is 0 Å². The number of hydrogen-bond acceptors (Lipinski definition) is 0. The minimum atomic E-state index is 1.25. The monoisotopic (exact) mass is 371 g/mol. The highest BCUT2D eigenvalue weighted by molar-refractivity contribution is 5.85. The maximum absolute atomic E-state index is 2.53. The highest BCUT2D eigenvalue weighted by atomic mass is 15.1. The minimum absolute atomic E-state index is 1.25. The summed E-state index contributed by atoms with van der Waals surface area (Å²) in [5, 5.41) is 0. The number of rotatable bonds is 1. The summed E-state index contributed by atoms with van der Waals surface area (Å²) in [6, 6.07) is 7.27. The van der Waals surface area contributed by atoms with E-state index in [0.29, 0.717) is 0 Å². The molecule has 1 aromatic heterocycles. The Hall–Kier alpha value is -2.09. The number of nitrogens with zero attached hydrogens (tertiary/aromatic N) is 2. The van der Waals surface area contributed by atoms with E-state index in [1.807, 2.05) is 0 Å². The molecule has 0 fully saturated rings. The van der Waals surface area contributed by atoms with Gasteiger partial charge in [0.2, 0.25) is 6.33 Å². The van der Waals surface area contributed by atoms with Crippen molar-refractivity contribution in [3.8, 4) is 5.69 Å². The lowest BCUT2D eigenvalue weighted by Gasteiger charge is -2.25. The Morgan fingerprint density at radius 2 is 1.29 bits per heavy atom. The SMILES string of the molecule is C[n+]1cn(-c2ccc3c(c2)CCCC3)c2c3c(c4c(c21)CCCC4)CCCC3. The van der Waals surface area contributed by atoms with E-state index in [2.05, 4.69) is 40.7 Å². The molecule has 2 aromatic carbocycles. The Labute approximate surface area is 168 Å². The van der Waals surface area contributed by atoms with Gasteiger partial charge < -0.3 is 0 Å². The quantitative estimate of drug-likeness (QED) is 0.527. The molecular weight excluding hydrogens is 340 g/mol. The first-order valence-electron chi connectivity index (χ1n) is 11.5. The molecule has 2 nitrogen and oxygen atoms in total. The second-order valence-corrected chi connectivity index (χ2v) is 9.28. The smallest absolute Gasteiger partial charge is 0.232 e. The number of imidazole rings is 1. The van der Waals surface area contributed by atoms with Crippen molar-refractivity contribution < 1.29 is 4.57 Å². The second kappa shape index (κ2) is 6.47. The molecular formula is C26H31N2+. The highest BCUT2D eigenvalue weighted by Gasteiger charge is 2.31. The van der Waals surface area contributed by atoms with E-state index in [1.54, 1.807) is 33.4 Å². The molecule has 0 atom stereocenters. The molecule has 0 bridgehead atoms. The summed E-state index contributed by atoms with van der Waals surface area (Å²) in [5.41, 5.74) is 14.4. The van der Waals surface area contributed by atoms with Gasteiger partial charge >= 0.3 is 0 Å². The van der Waals surface area contributed by atoms with Gasteiger partial charge in [0.05, 0.1) is 7.05 Å². The van der Waals surface area contributed by atoms with Crippen molar-refractivity contribution in [2.75, 3.05) is 0 Å². The van der Waals surface area contributed by atoms with E-state index in [0.717, 1.165) is 0 Å². The Kier molecular flexibility index (Phi) is 3.89. The number of benzene rings is 2. The van der Waals surface area contributed by atoms with Crippen LogP contribution in [0.1, 0.15) is 71.9 Å². The van der Waals surface area contributed by atoms with Gasteiger partial charge in [-0.15, -0.1) is 0 Å². The molecule has 0 unspecified atom stereocenters. The third kappa shape index (κ3) is 2.43. The van der Waals surface area contributed by atoms with Crippen LogP contribution >= 0.6 is 0 Å². The fourth-order valence-electron chi connectivity index (χ4n) is 6.28. The van der Waals surface area contributed by atoms with E-state index in [9.17, 15) is 0 Å². The number of fused-ring (bicyclic) bond motifs is 7. The van der Waals surface area contributed by atoms with E-state index < -0.39 is 0 Å². The molecule has 144 valence electrons. The predicted molar refractivity (Wildman–Crippen MR) is 114 cm³/mol.